The fourth-order valence-corrected chi connectivity index (χ4v) is 1.93. The predicted octanol–water partition coefficient (Wildman–Crippen LogP) is -0.868. The summed E-state index contributed by atoms with van der Waals surface area (Å²) in [6.07, 6.45) is -4.36. The van der Waals surface area contributed by atoms with Crippen LogP contribution in [0, 0.1) is 5.92 Å². The van der Waals surface area contributed by atoms with Gasteiger partial charge in [0.15, 0.2) is 11.7 Å². The van der Waals surface area contributed by atoms with E-state index >= 15 is 0 Å². The molecule has 23 heavy (non-hydrogen) atoms. The van der Waals surface area contributed by atoms with Crippen LogP contribution >= 0.6 is 0 Å². The van der Waals surface area contributed by atoms with Crippen molar-refractivity contribution < 1.29 is 32.3 Å². The van der Waals surface area contributed by atoms with Gasteiger partial charge in [-0.25, -0.2) is 9.79 Å². The van der Waals surface area contributed by atoms with Crippen molar-refractivity contribution in [1.82, 2.24) is 20.7 Å². The lowest BCUT2D eigenvalue weighted by Crippen LogP contribution is -2.60. The number of imide groups is 1. The summed E-state index contributed by atoms with van der Waals surface area (Å²) >= 11 is 0. The van der Waals surface area contributed by atoms with E-state index in [9.17, 15) is 32.3 Å². The van der Waals surface area contributed by atoms with Gasteiger partial charge in [0.05, 0.1) is 0 Å². The maximum atomic E-state index is 12.1. The first-order valence-electron chi connectivity index (χ1n) is 6.06. The highest BCUT2D eigenvalue weighted by atomic mass is 19.4. The smallest absolute Gasteiger partial charge is 0.293 e. The van der Waals surface area contributed by atoms with Crippen LogP contribution in [0.15, 0.2) is 16.9 Å². The lowest BCUT2D eigenvalue weighted by Gasteiger charge is -2.36. The van der Waals surface area contributed by atoms with Gasteiger partial charge in [0.2, 0.25) is 5.91 Å². The molecular formula is C11H10F3N5O4. The molecule has 0 aliphatic carbocycles. The molecular weight excluding hydrogens is 323 g/mol. The minimum Gasteiger partial charge on any atom is -0.293 e. The van der Waals surface area contributed by atoms with Crippen molar-refractivity contribution in [1.29, 1.82) is 0 Å². The van der Waals surface area contributed by atoms with E-state index in [-0.39, 0.29) is 5.84 Å². The van der Waals surface area contributed by atoms with E-state index in [1.54, 1.807) is 0 Å². The lowest BCUT2D eigenvalue weighted by molar-refractivity contribution is -0.174. The van der Waals surface area contributed by atoms with Gasteiger partial charge < -0.3 is 0 Å². The Morgan fingerprint density at radius 3 is 2.39 bits per heavy atom. The van der Waals surface area contributed by atoms with Crippen molar-refractivity contribution in [2.45, 2.75) is 6.18 Å². The number of amides is 4. The highest BCUT2D eigenvalue weighted by molar-refractivity contribution is 6.30. The van der Waals surface area contributed by atoms with Crippen molar-refractivity contribution >= 4 is 29.5 Å². The standard InChI is InChI=1S/C11H10F3N5O4/c1-18-7-6(8(21)19(2)10(18)23)4(20)3-5(15-7)16-17-9(22)11(12,13)14/h3,6,16H,1-2H3,(H,17,22). The third-order valence-electron chi connectivity index (χ3n) is 3.11. The van der Waals surface area contributed by atoms with E-state index < -0.39 is 41.5 Å². The molecule has 2 N–H and O–H groups in total. The molecule has 0 bridgehead atoms. The highest BCUT2D eigenvalue weighted by Crippen LogP contribution is 2.22. The number of hydrogen-bond donors (Lipinski definition) is 2. The Morgan fingerprint density at radius 2 is 1.83 bits per heavy atom. The number of aliphatic imine (C=N–C) groups is 1. The number of carbonyl (C=O) groups excluding carboxylic acids is 4. The van der Waals surface area contributed by atoms with Crippen LogP contribution in [0.2, 0.25) is 0 Å². The summed E-state index contributed by atoms with van der Waals surface area (Å²) in [5.41, 5.74) is 3.14. The van der Waals surface area contributed by atoms with Crippen molar-refractivity contribution in [3.63, 3.8) is 0 Å². The Labute approximate surface area is 126 Å². The number of urea groups is 1. The second kappa shape index (κ2) is 5.37. The average Bonchev–Trinajstić information content (AvgIpc) is 2.46. The summed E-state index contributed by atoms with van der Waals surface area (Å²) in [6, 6.07) is -0.752. The molecule has 0 radical (unpaired) electrons. The number of fused-ring (bicyclic) bond motifs is 1. The highest BCUT2D eigenvalue weighted by Gasteiger charge is 2.46. The predicted molar refractivity (Wildman–Crippen MR) is 67.3 cm³/mol. The Bertz CT molecular complexity index is 669. The molecule has 9 nitrogen and oxygen atoms in total. The molecule has 2 heterocycles. The number of allylic oxidation sites excluding steroid dienone is 1. The molecule has 2 aliphatic heterocycles. The van der Waals surface area contributed by atoms with Gasteiger partial charge in [-0.1, -0.05) is 0 Å². The molecule has 1 atom stereocenters. The van der Waals surface area contributed by atoms with Crippen LogP contribution in [0.25, 0.3) is 0 Å². The van der Waals surface area contributed by atoms with Crippen LogP contribution in [-0.4, -0.2) is 59.5 Å². The van der Waals surface area contributed by atoms with Gasteiger partial charge >= 0.3 is 18.1 Å². The summed E-state index contributed by atoms with van der Waals surface area (Å²) < 4.78 is 36.2. The van der Waals surface area contributed by atoms with E-state index in [1.165, 1.54) is 19.5 Å². The summed E-state index contributed by atoms with van der Waals surface area (Å²) in [5.74, 6) is -5.91. The zero-order valence-electron chi connectivity index (χ0n) is 11.8. The molecule has 12 heteroatoms. The summed E-state index contributed by atoms with van der Waals surface area (Å²) in [6.45, 7) is 0. The number of halogens is 3. The maximum absolute atomic E-state index is 12.1. The second-order valence-corrected chi connectivity index (χ2v) is 4.65. The maximum Gasteiger partial charge on any atom is 0.472 e. The SMILES string of the molecule is CN1C(=O)C2C(=O)C=C(NNC(=O)C(F)(F)F)N=C2N(C)C1=O. The molecule has 124 valence electrons. The Kier molecular flexibility index (Phi) is 3.84. The van der Waals surface area contributed by atoms with Gasteiger partial charge in [-0.2, -0.15) is 13.2 Å². The molecule has 4 amide bonds. The number of nitrogens with one attached hydrogen (secondary N) is 2. The van der Waals surface area contributed by atoms with Crippen molar-refractivity contribution in [2.75, 3.05) is 14.1 Å². The van der Waals surface area contributed by atoms with Crippen LogP contribution in [0.1, 0.15) is 0 Å². The van der Waals surface area contributed by atoms with E-state index in [0.29, 0.717) is 0 Å². The molecule has 1 unspecified atom stereocenters. The van der Waals surface area contributed by atoms with Gasteiger partial charge in [-0.3, -0.25) is 35.0 Å². The normalized spacial score (nSPS) is 21.6. The van der Waals surface area contributed by atoms with E-state index in [2.05, 4.69) is 4.99 Å². The number of carbonyl (C=O) groups is 4. The molecule has 0 spiro atoms. The quantitative estimate of drug-likeness (QED) is 0.504. The minimum atomic E-state index is -5.13. The first-order chi connectivity index (χ1) is 10.5. The molecule has 0 aromatic carbocycles. The number of hydrogen-bond acceptors (Lipinski definition) is 6. The van der Waals surface area contributed by atoms with Crippen LogP contribution in [0.4, 0.5) is 18.0 Å². The average molecular weight is 333 g/mol. The first kappa shape index (κ1) is 16.5. The van der Waals surface area contributed by atoms with Crippen LogP contribution in [0.3, 0.4) is 0 Å². The molecule has 1 saturated heterocycles. The number of nitrogens with zero attached hydrogens (tertiary/aromatic N) is 3. The molecule has 0 aromatic rings. The van der Waals surface area contributed by atoms with Crippen LogP contribution in [0.5, 0.6) is 0 Å². The molecule has 2 rings (SSSR count). The number of hydrazine groups is 1. The van der Waals surface area contributed by atoms with Gasteiger partial charge in [0.25, 0.3) is 0 Å². The van der Waals surface area contributed by atoms with Gasteiger partial charge in [0, 0.05) is 20.2 Å². The van der Waals surface area contributed by atoms with Crippen molar-refractivity contribution in [3.8, 4) is 0 Å². The summed E-state index contributed by atoms with van der Waals surface area (Å²) in [5, 5.41) is 0. The molecule has 2 aliphatic rings. The number of ketones is 1. The Balaban J connectivity index is 2.22. The Morgan fingerprint density at radius 1 is 1.22 bits per heavy atom. The number of amidine groups is 1. The Hall–Kier alpha value is -2.92. The van der Waals surface area contributed by atoms with Crippen molar-refractivity contribution in [3.05, 3.63) is 11.9 Å². The topological polar surface area (TPSA) is 111 Å². The summed E-state index contributed by atoms with van der Waals surface area (Å²) in [7, 11) is 2.44. The zero-order chi connectivity index (χ0) is 17.5. The fourth-order valence-electron chi connectivity index (χ4n) is 1.93. The van der Waals surface area contributed by atoms with Crippen LogP contribution in [-0.2, 0) is 14.4 Å². The number of rotatable bonds is 2. The van der Waals surface area contributed by atoms with E-state index in [1.807, 2.05) is 5.43 Å². The molecule has 1 fully saturated rings. The largest absolute Gasteiger partial charge is 0.472 e. The second-order valence-electron chi connectivity index (χ2n) is 4.65. The summed E-state index contributed by atoms with van der Waals surface area (Å²) in [4.78, 5) is 51.8. The molecule has 0 aromatic heterocycles. The lowest BCUT2D eigenvalue weighted by atomic mass is 9.96. The number of alkyl halides is 3. The van der Waals surface area contributed by atoms with Gasteiger partial charge in [-0.15, -0.1) is 0 Å². The monoisotopic (exact) mass is 333 g/mol. The minimum absolute atomic E-state index is 0.241. The fraction of sp³-hybridized carbons (Fsp3) is 0.364. The van der Waals surface area contributed by atoms with E-state index in [0.717, 1.165) is 15.9 Å². The van der Waals surface area contributed by atoms with Crippen LogP contribution < -0.4 is 10.9 Å². The zero-order valence-corrected chi connectivity index (χ0v) is 11.8. The van der Waals surface area contributed by atoms with E-state index in [4.69, 9.17) is 0 Å². The third kappa shape index (κ3) is 2.86. The van der Waals surface area contributed by atoms with Crippen molar-refractivity contribution in [2.24, 2.45) is 10.9 Å². The van der Waals surface area contributed by atoms with Gasteiger partial charge in [0.1, 0.15) is 11.7 Å². The molecule has 0 saturated carbocycles. The third-order valence-corrected chi connectivity index (χ3v) is 3.11. The first-order valence-corrected chi connectivity index (χ1v) is 6.06. The van der Waals surface area contributed by atoms with Gasteiger partial charge in [-0.05, 0) is 0 Å².